The summed E-state index contributed by atoms with van der Waals surface area (Å²) in [7, 11) is -2.70. The summed E-state index contributed by atoms with van der Waals surface area (Å²) in [6.07, 6.45) is 2.75. The van der Waals surface area contributed by atoms with Crippen LogP contribution < -0.4 is 9.04 Å². The fourth-order valence-electron chi connectivity index (χ4n) is 4.71. The number of amides is 1. The molecule has 196 valence electrons. The van der Waals surface area contributed by atoms with Gasteiger partial charge in [-0.1, -0.05) is 54.1 Å². The number of nitrogens with zero attached hydrogens (tertiary/aromatic N) is 2. The van der Waals surface area contributed by atoms with Crippen molar-refractivity contribution < 1.29 is 17.9 Å². The third-order valence-electron chi connectivity index (χ3n) is 6.94. The smallest absolute Gasteiger partial charge is 0.268 e. The van der Waals surface area contributed by atoms with Gasteiger partial charge < -0.3 is 9.64 Å². The van der Waals surface area contributed by atoms with Gasteiger partial charge in [0, 0.05) is 18.1 Å². The third kappa shape index (κ3) is 6.28. The number of likely N-dealkylation sites (tertiary alicyclic amines) is 1. The van der Waals surface area contributed by atoms with Crippen molar-refractivity contribution in [3.8, 4) is 5.75 Å². The molecule has 1 fully saturated rings. The summed E-state index contributed by atoms with van der Waals surface area (Å²) in [5.74, 6) is 0.492. The van der Waals surface area contributed by atoms with Gasteiger partial charge in [-0.2, -0.15) is 0 Å². The van der Waals surface area contributed by atoms with E-state index in [4.69, 9.17) is 16.3 Å². The first kappa shape index (κ1) is 27.0. The zero-order valence-corrected chi connectivity index (χ0v) is 23.1. The molecule has 3 aromatic rings. The van der Waals surface area contributed by atoms with Gasteiger partial charge in [-0.15, -0.1) is 0 Å². The summed E-state index contributed by atoms with van der Waals surface area (Å²) >= 11 is 6.36. The normalized spacial score (nSPS) is 14.4. The molecule has 0 aromatic heterocycles. The van der Waals surface area contributed by atoms with Gasteiger partial charge in [0.2, 0.25) is 5.91 Å². The van der Waals surface area contributed by atoms with E-state index in [9.17, 15) is 13.2 Å². The van der Waals surface area contributed by atoms with E-state index in [1.54, 1.807) is 41.3 Å². The van der Waals surface area contributed by atoms with Crippen molar-refractivity contribution in [2.45, 2.75) is 38.0 Å². The standard InChI is InChI=1S/C29H33ClN2O4S/c1-21-9-12-27(36-3)28(17-21)37(34,35)32(25-11-10-22(2)26(30)19-25)20-29(33)31-15-13-24(14-16-31)18-23-7-5-4-6-8-23/h4-12,17,19,24H,13-16,18,20H2,1-3H3. The first-order valence-corrected chi connectivity index (χ1v) is 14.3. The molecule has 1 saturated heterocycles. The number of carbonyl (C=O) groups is 1. The fraction of sp³-hybridized carbons (Fsp3) is 0.345. The van der Waals surface area contributed by atoms with Gasteiger partial charge >= 0.3 is 0 Å². The molecule has 37 heavy (non-hydrogen) atoms. The lowest BCUT2D eigenvalue weighted by molar-refractivity contribution is -0.130. The Labute approximate surface area is 224 Å². The molecular weight excluding hydrogens is 508 g/mol. The fourth-order valence-corrected chi connectivity index (χ4v) is 6.54. The van der Waals surface area contributed by atoms with Gasteiger partial charge in [0.05, 0.1) is 12.8 Å². The van der Waals surface area contributed by atoms with Gasteiger partial charge in [0.25, 0.3) is 10.0 Å². The van der Waals surface area contributed by atoms with E-state index in [2.05, 4.69) is 12.1 Å². The molecule has 1 heterocycles. The Bertz CT molecular complexity index is 1350. The van der Waals surface area contributed by atoms with Gasteiger partial charge in [-0.25, -0.2) is 8.42 Å². The lowest BCUT2D eigenvalue weighted by Gasteiger charge is -2.34. The summed E-state index contributed by atoms with van der Waals surface area (Å²) < 4.78 is 34.5. The van der Waals surface area contributed by atoms with Crippen LogP contribution >= 0.6 is 11.6 Å². The molecule has 6 nitrogen and oxygen atoms in total. The maximum absolute atomic E-state index is 14.0. The number of sulfonamides is 1. The van der Waals surface area contributed by atoms with Gasteiger partial charge in [0.15, 0.2) is 0 Å². The molecule has 8 heteroatoms. The van der Waals surface area contributed by atoms with E-state index < -0.39 is 10.0 Å². The predicted molar refractivity (Wildman–Crippen MR) is 148 cm³/mol. The number of halogens is 1. The van der Waals surface area contributed by atoms with Gasteiger partial charge in [-0.05, 0) is 80.0 Å². The molecule has 4 rings (SSSR count). The first-order chi connectivity index (χ1) is 17.7. The predicted octanol–water partition coefficient (Wildman–Crippen LogP) is 5.64. The van der Waals surface area contributed by atoms with Crippen LogP contribution in [0.15, 0.2) is 71.6 Å². The van der Waals surface area contributed by atoms with Crippen LogP contribution in [0.25, 0.3) is 0 Å². The van der Waals surface area contributed by atoms with Crippen molar-refractivity contribution in [3.05, 3.63) is 88.4 Å². The Morgan fingerprint density at radius 3 is 2.38 bits per heavy atom. The van der Waals surface area contributed by atoms with Crippen LogP contribution in [0, 0.1) is 19.8 Å². The first-order valence-electron chi connectivity index (χ1n) is 12.4. The number of hydrogen-bond acceptors (Lipinski definition) is 4. The number of piperidine rings is 1. The molecule has 0 spiro atoms. The van der Waals surface area contributed by atoms with Gasteiger partial charge in [0.1, 0.15) is 17.2 Å². The molecule has 0 bridgehead atoms. The zero-order valence-electron chi connectivity index (χ0n) is 21.5. The minimum atomic E-state index is -4.13. The topological polar surface area (TPSA) is 66.9 Å². The molecule has 3 aromatic carbocycles. The van der Waals surface area contributed by atoms with Gasteiger partial charge in [-0.3, -0.25) is 9.10 Å². The average molecular weight is 541 g/mol. The van der Waals surface area contributed by atoms with E-state index in [1.807, 2.05) is 32.0 Å². The molecule has 1 aliphatic heterocycles. The van der Waals surface area contributed by atoms with Crippen LogP contribution in [0.4, 0.5) is 5.69 Å². The number of ether oxygens (including phenoxy) is 1. The van der Waals surface area contributed by atoms with Crippen molar-refractivity contribution in [3.63, 3.8) is 0 Å². The van der Waals surface area contributed by atoms with Crippen LogP contribution in [-0.2, 0) is 21.2 Å². The molecule has 0 aliphatic carbocycles. The Hall–Kier alpha value is -3.03. The molecule has 0 atom stereocenters. The molecule has 1 aliphatic rings. The number of benzene rings is 3. The average Bonchev–Trinajstić information content (AvgIpc) is 2.89. The largest absolute Gasteiger partial charge is 0.495 e. The molecule has 0 radical (unpaired) electrons. The van der Waals surface area contributed by atoms with E-state index in [-0.39, 0.29) is 23.1 Å². The van der Waals surface area contributed by atoms with E-state index in [0.717, 1.165) is 34.7 Å². The van der Waals surface area contributed by atoms with Crippen LogP contribution in [0.2, 0.25) is 5.02 Å². The minimum Gasteiger partial charge on any atom is -0.495 e. The highest BCUT2D eigenvalue weighted by atomic mass is 35.5. The number of methoxy groups -OCH3 is 1. The van der Waals surface area contributed by atoms with Crippen LogP contribution in [0.1, 0.15) is 29.5 Å². The summed E-state index contributed by atoms with van der Waals surface area (Å²) in [4.78, 5) is 15.2. The molecule has 0 N–H and O–H groups in total. The highest BCUT2D eigenvalue weighted by Gasteiger charge is 2.33. The second-order valence-electron chi connectivity index (χ2n) is 9.61. The Morgan fingerprint density at radius 2 is 1.73 bits per heavy atom. The summed E-state index contributed by atoms with van der Waals surface area (Å²) in [5, 5.41) is 0.433. The Kier molecular flexibility index (Phi) is 8.45. The van der Waals surface area contributed by atoms with Crippen LogP contribution in [0.3, 0.4) is 0 Å². The van der Waals surface area contributed by atoms with Crippen molar-refractivity contribution in [2.24, 2.45) is 5.92 Å². The number of anilines is 1. The van der Waals surface area contributed by atoms with E-state index in [0.29, 0.717) is 29.7 Å². The summed E-state index contributed by atoms with van der Waals surface area (Å²) in [5.41, 5.74) is 3.23. The lowest BCUT2D eigenvalue weighted by atomic mass is 9.90. The van der Waals surface area contributed by atoms with E-state index in [1.165, 1.54) is 12.7 Å². The highest BCUT2D eigenvalue weighted by Crippen LogP contribution is 2.33. The molecule has 0 saturated carbocycles. The van der Waals surface area contributed by atoms with Crippen molar-refractivity contribution in [1.82, 2.24) is 4.90 Å². The highest BCUT2D eigenvalue weighted by molar-refractivity contribution is 7.93. The zero-order chi connectivity index (χ0) is 26.6. The second kappa shape index (κ2) is 11.6. The number of hydrogen-bond donors (Lipinski definition) is 0. The molecule has 1 amide bonds. The van der Waals surface area contributed by atoms with Crippen molar-refractivity contribution >= 4 is 33.2 Å². The van der Waals surface area contributed by atoms with Crippen LogP contribution in [-0.4, -0.2) is 46.0 Å². The molecular formula is C29H33ClN2O4S. The summed E-state index contributed by atoms with van der Waals surface area (Å²) in [6, 6.07) is 20.4. The number of aryl methyl sites for hydroxylation is 2. The van der Waals surface area contributed by atoms with Crippen LogP contribution in [0.5, 0.6) is 5.75 Å². The maximum atomic E-state index is 14.0. The summed E-state index contributed by atoms with van der Waals surface area (Å²) in [6.45, 7) is 4.55. The third-order valence-corrected chi connectivity index (χ3v) is 9.15. The quantitative estimate of drug-likeness (QED) is 0.371. The SMILES string of the molecule is COc1ccc(C)cc1S(=O)(=O)N(CC(=O)N1CCC(Cc2ccccc2)CC1)c1ccc(C)c(Cl)c1. The monoisotopic (exact) mass is 540 g/mol. The minimum absolute atomic E-state index is 0.0149. The number of rotatable bonds is 8. The maximum Gasteiger partial charge on any atom is 0.268 e. The second-order valence-corrected chi connectivity index (χ2v) is 11.9. The number of carbonyl (C=O) groups excluding carboxylic acids is 1. The molecule has 0 unspecified atom stereocenters. The Balaban J connectivity index is 1.57. The van der Waals surface area contributed by atoms with E-state index >= 15 is 0 Å². The Morgan fingerprint density at radius 1 is 1.03 bits per heavy atom. The van der Waals surface area contributed by atoms with Crippen molar-refractivity contribution in [1.29, 1.82) is 0 Å². The van der Waals surface area contributed by atoms with Crippen molar-refractivity contribution in [2.75, 3.05) is 31.0 Å². The lowest BCUT2D eigenvalue weighted by Crippen LogP contribution is -2.46.